The van der Waals surface area contributed by atoms with Crippen molar-refractivity contribution in [3.8, 4) is 0 Å². The molecule has 1 amide bonds. The van der Waals surface area contributed by atoms with Gasteiger partial charge < -0.3 is 4.98 Å². The lowest BCUT2D eigenvalue weighted by Gasteiger charge is -2.05. The normalized spacial score (nSPS) is 10.7. The molecule has 0 saturated carbocycles. The summed E-state index contributed by atoms with van der Waals surface area (Å²) in [6.45, 7) is 0. The lowest BCUT2D eigenvalue weighted by Crippen LogP contribution is -2.22. The maximum absolute atomic E-state index is 11.9. The third-order valence-electron chi connectivity index (χ3n) is 2.57. The fourth-order valence-electron chi connectivity index (χ4n) is 1.72. The summed E-state index contributed by atoms with van der Waals surface area (Å²) in [5.74, 6) is -0.273. The van der Waals surface area contributed by atoms with Crippen molar-refractivity contribution < 1.29 is 4.79 Å². The molecule has 0 aliphatic rings. The summed E-state index contributed by atoms with van der Waals surface area (Å²) in [5, 5.41) is 0.496. The summed E-state index contributed by atoms with van der Waals surface area (Å²) in [6.07, 6.45) is 3.12. The zero-order chi connectivity index (χ0) is 12.5. The lowest BCUT2D eigenvalue weighted by molar-refractivity contribution is 0.100. The Balaban J connectivity index is 1.90. The number of rotatable bonds is 2. The number of amides is 1. The molecular formula is C12H9ClN4O. The highest BCUT2D eigenvalue weighted by molar-refractivity contribution is 6.31. The van der Waals surface area contributed by atoms with Crippen LogP contribution in [0.4, 0.5) is 0 Å². The van der Waals surface area contributed by atoms with Crippen molar-refractivity contribution in [3.63, 3.8) is 0 Å². The average Bonchev–Trinajstić information content (AvgIpc) is 2.97. The quantitative estimate of drug-likeness (QED) is 0.743. The van der Waals surface area contributed by atoms with Gasteiger partial charge in [0.05, 0.1) is 16.1 Å². The van der Waals surface area contributed by atoms with Crippen molar-refractivity contribution >= 4 is 28.5 Å². The Bertz CT molecular complexity index is 716. The number of hydrogen-bond donors (Lipinski definition) is 2. The number of benzene rings is 1. The number of aromatic nitrogens is 3. The van der Waals surface area contributed by atoms with E-state index in [4.69, 9.17) is 11.6 Å². The second kappa shape index (κ2) is 4.19. The first kappa shape index (κ1) is 10.9. The Hall–Kier alpha value is -2.27. The monoisotopic (exact) mass is 260 g/mol. The van der Waals surface area contributed by atoms with Gasteiger partial charge in [-0.05, 0) is 18.2 Å². The average molecular weight is 261 g/mol. The van der Waals surface area contributed by atoms with E-state index < -0.39 is 0 Å². The van der Waals surface area contributed by atoms with Gasteiger partial charge in [-0.3, -0.25) is 10.2 Å². The van der Waals surface area contributed by atoms with Gasteiger partial charge >= 0.3 is 0 Å². The molecule has 5 nitrogen and oxygen atoms in total. The van der Waals surface area contributed by atoms with E-state index in [-0.39, 0.29) is 5.91 Å². The standard InChI is InChI=1S/C12H9ClN4O/c13-8-5-10(14-6-8)12(18)16-17-7-15-9-3-1-2-4-11(9)17/h1-7,14H,(H,16,18). The molecule has 3 aromatic rings. The number of imidazole rings is 1. The zero-order valence-corrected chi connectivity index (χ0v) is 9.98. The van der Waals surface area contributed by atoms with Crippen LogP contribution in [0.1, 0.15) is 10.5 Å². The predicted molar refractivity (Wildman–Crippen MR) is 69.2 cm³/mol. The number of H-pyrrole nitrogens is 1. The van der Waals surface area contributed by atoms with Crippen molar-refractivity contribution in [2.45, 2.75) is 0 Å². The van der Waals surface area contributed by atoms with Crippen LogP contribution in [0, 0.1) is 0 Å². The number of nitrogens with zero attached hydrogens (tertiary/aromatic N) is 2. The maximum Gasteiger partial charge on any atom is 0.286 e. The minimum absolute atomic E-state index is 0.273. The van der Waals surface area contributed by atoms with Crippen LogP contribution < -0.4 is 5.43 Å². The zero-order valence-electron chi connectivity index (χ0n) is 9.22. The molecular weight excluding hydrogens is 252 g/mol. The Morgan fingerprint density at radius 2 is 2.22 bits per heavy atom. The molecule has 90 valence electrons. The molecule has 0 unspecified atom stereocenters. The molecule has 6 heteroatoms. The van der Waals surface area contributed by atoms with E-state index in [0.29, 0.717) is 10.7 Å². The van der Waals surface area contributed by atoms with Gasteiger partial charge in [0.1, 0.15) is 12.0 Å². The maximum atomic E-state index is 11.9. The van der Waals surface area contributed by atoms with Gasteiger partial charge in [0.15, 0.2) is 0 Å². The Morgan fingerprint density at radius 1 is 1.39 bits per heavy atom. The van der Waals surface area contributed by atoms with Crippen LogP contribution in [-0.4, -0.2) is 20.6 Å². The summed E-state index contributed by atoms with van der Waals surface area (Å²) < 4.78 is 1.58. The fourth-order valence-corrected chi connectivity index (χ4v) is 1.88. The topological polar surface area (TPSA) is 62.7 Å². The van der Waals surface area contributed by atoms with E-state index in [9.17, 15) is 4.79 Å². The first-order chi connectivity index (χ1) is 8.74. The van der Waals surface area contributed by atoms with Gasteiger partial charge in [-0.15, -0.1) is 0 Å². The minimum Gasteiger partial charge on any atom is -0.356 e. The first-order valence-corrected chi connectivity index (χ1v) is 5.69. The van der Waals surface area contributed by atoms with Crippen molar-refractivity contribution in [3.05, 3.63) is 53.6 Å². The van der Waals surface area contributed by atoms with Crippen molar-refractivity contribution in [1.82, 2.24) is 14.6 Å². The van der Waals surface area contributed by atoms with Crippen molar-refractivity contribution in [2.24, 2.45) is 0 Å². The van der Waals surface area contributed by atoms with E-state index in [1.165, 1.54) is 0 Å². The van der Waals surface area contributed by atoms with E-state index >= 15 is 0 Å². The molecule has 0 saturated heterocycles. The fraction of sp³-hybridized carbons (Fsp3) is 0. The Labute approximate surface area is 107 Å². The van der Waals surface area contributed by atoms with E-state index in [1.54, 1.807) is 23.3 Å². The van der Waals surface area contributed by atoms with Crippen LogP contribution in [0.25, 0.3) is 11.0 Å². The number of fused-ring (bicyclic) bond motifs is 1. The Morgan fingerprint density at radius 3 is 3.00 bits per heavy atom. The number of para-hydroxylation sites is 2. The number of hydrogen-bond acceptors (Lipinski definition) is 2. The molecule has 2 heterocycles. The lowest BCUT2D eigenvalue weighted by atomic mass is 10.3. The molecule has 18 heavy (non-hydrogen) atoms. The van der Waals surface area contributed by atoms with E-state index in [1.807, 2.05) is 24.3 Å². The molecule has 0 radical (unpaired) electrons. The second-order valence-electron chi connectivity index (χ2n) is 3.78. The number of carbonyl (C=O) groups is 1. The van der Waals surface area contributed by atoms with Crippen LogP contribution >= 0.6 is 11.6 Å². The molecule has 0 aliphatic carbocycles. The number of nitrogens with one attached hydrogen (secondary N) is 2. The SMILES string of the molecule is O=C(Nn1cnc2ccccc21)c1cc(Cl)c[nH]1. The van der Waals surface area contributed by atoms with E-state index in [0.717, 1.165) is 11.0 Å². The van der Waals surface area contributed by atoms with Crippen LogP contribution in [0.15, 0.2) is 42.9 Å². The minimum atomic E-state index is -0.273. The molecule has 1 aromatic carbocycles. The number of halogens is 1. The summed E-state index contributed by atoms with van der Waals surface area (Å²) in [7, 11) is 0. The highest BCUT2D eigenvalue weighted by atomic mass is 35.5. The summed E-state index contributed by atoms with van der Waals surface area (Å²) in [5.41, 5.74) is 4.78. The third-order valence-corrected chi connectivity index (χ3v) is 2.79. The molecule has 0 aliphatic heterocycles. The van der Waals surface area contributed by atoms with Crippen LogP contribution in [-0.2, 0) is 0 Å². The van der Waals surface area contributed by atoms with Crippen LogP contribution in [0.5, 0.6) is 0 Å². The third kappa shape index (κ3) is 1.84. The summed E-state index contributed by atoms with van der Waals surface area (Å²) >= 11 is 5.75. The highest BCUT2D eigenvalue weighted by Gasteiger charge is 2.09. The second-order valence-corrected chi connectivity index (χ2v) is 4.21. The summed E-state index contributed by atoms with van der Waals surface area (Å²) in [4.78, 5) is 18.9. The number of aromatic amines is 1. The molecule has 0 atom stereocenters. The van der Waals surface area contributed by atoms with Gasteiger partial charge in [-0.2, -0.15) is 0 Å². The largest absolute Gasteiger partial charge is 0.356 e. The molecule has 0 bridgehead atoms. The van der Waals surface area contributed by atoms with Gasteiger partial charge in [0, 0.05) is 6.20 Å². The molecule has 0 spiro atoms. The Kier molecular flexibility index (Phi) is 2.53. The first-order valence-electron chi connectivity index (χ1n) is 5.31. The van der Waals surface area contributed by atoms with Crippen molar-refractivity contribution in [1.29, 1.82) is 0 Å². The molecule has 3 rings (SSSR count). The van der Waals surface area contributed by atoms with Gasteiger partial charge in [-0.1, -0.05) is 23.7 Å². The summed E-state index contributed by atoms with van der Waals surface area (Å²) in [6, 6.07) is 9.11. The molecule has 2 aromatic heterocycles. The number of carbonyl (C=O) groups excluding carboxylic acids is 1. The van der Waals surface area contributed by atoms with Gasteiger partial charge in [0.2, 0.25) is 0 Å². The smallest absolute Gasteiger partial charge is 0.286 e. The van der Waals surface area contributed by atoms with Crippen LogP contribution in [0.2, 0.25) is 5.02 Å². The molecule has 0 fully saturated rings. The molecule has 2 N–H and O–H groups in total. The van der Waals surface area contributed by atoms with Crippen LogP contribution in [0.3, 0.4) is 0 Å². The van der Waals surface area contributed by atoms with Gasteiger partial charge in [0.25, 0.3) is 5.91 Å². The predicted octanol–water partition coefficient (Wildman–Crippen LogP) is 2.40. The highest BCUT2D eigenvalue weighted by Crippen LogP contribution is 2.12. The van der Waals surface area contributed by atoms with E-state index in [2.05, 4.69) is 15.4 Å². The van der Waals surface area contributed by atoms with Gasteiger partial charge in [-0.25, -0.2) is 9.66 Å². The van der Waals surface area contributed by atoms with Crippen molar-refractivity contribution in [2.75, 3.05) is 5.43 Å².